The molecule has 2 aliphatic heterocycles. The molecule has 0 amide bonds. The van der Waals surface area contributed by atoms with E-state index in [0.29, 0.717) is 23.6 Å². The van der Waals surface area contributed by atoms with Crippen molar-refractivity contribution in [3.63, 3.8) is 0 Å². The summed E-state index contributed by atoms with van der Waals surface area (Å²) in [5.41, 5.74) is 0.322. The van der Waals surface area contributed by atoms with E-state index in [4.69, 9.17) is 4.74 Å². The maximum atomic E-state index is 5.87. The van der Waals surface area contributed by atoms with Gasteiger partial charge in [-0.05, 0) is 39.3 Å². The number of hydrogen-bond acceptors (Lipinski definition) is 3. The largest absolute Gasteiger partial charge is 0.377 e. The van der Waals surface area contributed by atoms with Gasteiger partial charge < -0.3 is 10.1 Å². The molecule has 3 nitrogen and oxygen atoms in total. The Labute approximate surface area is 118 Å². The molecular weight excluding hydrogens is 236 g/mol. The molecule has 3 aliphatic rings. The molecule has 2 saturated heterocycles. The lowest BCUT2D eigenvalue weighted by Crippen LogP contribution is -2.66. The fraction of sp³-hybridized carbons (Fsp3) is 1.00. The van der Waals surface area contributed by atoms with E-state index >= 15 is 0 Å². The highest BCUT2D eigenvalue weighted by molar-refractivity contribution is 5.11. The van der Waals surface area contributed by atoms with Gasteiger partial charge in [0.15, 0.2) is 0 Å². The zero-order chi connectivity index (χ0) is 13.5. The second kappa shape index (κ2) is 5.34. The molecule has 1 N–H and O–H groups in total. The number of hydrogen-bond donors (Lipinski definition) is 1. The standard InChI is InChI=1S/C16H30N2O/c1-12(18-8-5-4-6-9-18)11-17-14-13-7-10-19-15(13)16(14,2)3/h12-15,17H,4-11H2,1-3H3. The van der Waals surface area contributed by atoms with Crippen LogP contribution in [0.5, 0.6) is 0 Å². The lowest BCUT2D eigenvalue weighted by atomic mass is 9.57. The molecule has 1 aliphatic carbocycles. The smallest absolute Gasteiger partial charge is 0.0685 e. The summed E-state index contributed by atoms with van der Waals surface area (Å²) in [4.78, 5) is 2.66. The highest BCUT2D eigenvalue weighted by atomic mass is 16.5. The van der Waals surface area contributed by atoms with Crippen LogP contribution < -0.4 is 5.32 Å². The molecule has 4 atom stereocenters. The number of likely N-dealkylation sites (tertiary alicyclic amines) is 1. The summed E-state index contributed by atoms with van der Waals surface area (Å²) in [6, 6.07) is 1.34. The van der Waals surface area contributed by atoms with Gasteiger partial charge in [0.2, 0.25) is 0 Å². The van der Waals surface area contributed by atoms with Crippen LogP contribution in [0.1, 0.15) is 46.5 Å². The minimum atomic E-state index is 0.322. The van der Waals surface area contributed by atoms with Gasteiger partial charge in [0.05, 0.1) is 6.10 Å². The van der Waals surface area contributed by atoms with E-state index in [2.05, 4.69) is 31.0 Å². The average molecular weight is 266 g/mol. The van der Waals surface area contributed by atoms with Crippen LogP contribution >= 0.6 is 0 Å². The summed E-state index contributed by atoms with van der Waals surface area (Å²) >= 11 is 0. The third-order valence-corrected chi connectivity index (χ3v) is 5.75. The molecule has 1 saturated carbocycles. The molecule has 3 rings (SSSR count). The molecule has 0 aromatic rings. The molecule has 2 heterocycles. The SMILES string of the molecule is CC(CNC1C2CCOC2C1(C)C)N1CCCCC1. The van der Waals surface area contributed by atoms with Crippen LogP contribution in [-0.2, 0) is 4.74 Å². The quantitative estimate of drug-likeness (QED) is 0.845. The Morgan fingerprint density at radius 3 is 2.74 bits per heavy atom. The predicted octanol–water partition coefficient (Wildman–Crippen LogP) is 2.26. The van der Waals surface area contributed by atoms with Gasteiger partial charge in [-0.1, -0.05) is 20.3 Å². The Hall–Kier alpha value is -0.120. The fourth-order valence-electron chi connectivity index (χ4n) is 4.52. The van der Waals surface area contributed by atoms with Crippen LogP contribution in [0, 0.1) is 11.3 Å². The number of fused-ring (bicyclic) bond motifs is 1. The first-order valence-electron chi connectivity index (χ1n) is 8.20. The Balaban J connectivity index is 1.49. The van der Waals surface area contributed by atoms with Crippen LogP contribution in [0.2, 0.25) is 0 Å². The summed E-state index contributed by atoms with van der Waals surface area (Å²) in [6.45, 7) is 11.8. The van der Waals surface area contributed by atoms with E-state index in [1.165, 1.54) is 38.8 Å². The average Bonchev–Trinajstić information content (AvgIpc) is 2.86. The van der Waals surface area contributed by atoms with Crippen molar-refractivity contribution in [2.75, 3.05) is 26.2 Å². The van der Waals surface area contributed by atoms with Gasteiger partial charge in [-0.15, -0.1) is 0 Å². The first-order valence-corrected chi connectivity index (χ1v) is 8.20. The molecule has 0 bridgehead atoms. The minimum absolute atomic E-state index is 0.322. The Morgan fingerprint density at radius 1 is 1.26 bits per heavy atom. The molecule has 0 aromatic heterocycles. The number of piperidine rings is 1. The molecular formula is C16H30N2O. The van der Waals surface area contributed by atoms with E-state index < -0.39 is 0 Å². The lowest BCUT2D eigenvalue weighted by molar-refractivity contribution is -0.113. The van der Waals surface area contributed by atoms with Crippen molar-refractivity contribution in [2.24, 2.45) is 11.3 Å². The highest BCUT2D eigenvalue weighted by Gasteiger charge is 2.58. The van der Waals surface area contributed by atoms with Gasteiger partial charge in [-0.3, -0.25) is 4.90 Å². The van der Waals surface area contributed by atoms with Crippen LogP contribution in [0.3, 0.4) is 0 Å². The second-order valence-electron chi connectivity index (χ2n) is 7.40. The first-order chi connectivity index (χ1) is 9.10. The molecule has 19 heavy (non-hydrogen) atoms. The zero-order valence-electron chi connectivity index (χ0n) is 12.8. The van der Waals surface area contributed by atoms with Gasteiger partial charge in [-0.25, -0.2) is 0 Å². The van der Waals surface area contributed by atoms with Crippen LogP contribution in [0.4, 0.5) is 0 Å². The maximum Gasteiger partial charge on any atom is 0.0685 e. The van der Waals surface area contributed by atoms with Crippen molar-refractivity contribution in [1.82, 2.24) is 10.2 Å². The molecule has 0 aromatic carbocycles. The second-order valence-corrected chi connectivity index (χ2v) is 7.40. The predicted molar refractivity (Wildman–Crippen MR) is 78.3 cm³/mol. The van der Waals surface area contributed by atoms with Gasteiger partial charge in [0.1, 0.15) is 0 Å². The number of ether oxygens (including phenoxy) is 1. The van der Waals surface area contributed by atoms with Gasteiger partial charge in [-0.2, -0.15) is 0 Å². The first kappa shape index (κ1) is 13.8. The maximum absolute atomic E-state index is 5.87. The zero-order valence-corrected chi connectivity index (χ0v) is 12.8. The Kier molecular flexibility index (Phi) is 3.89. The fourth-order valence-corrected chi connectivity index (χ4v) is 4.52. The van der Waals surface area contributed by atoms with Crippen LogP contribution in [-0.4, -0.2) is 49.3 Å². The number of nitrogens with zero attached hydrogens (tertiary/aromatic N) is 1. The van der Waals surface area contributed by atoms with Crippen LogP contribution in [0.25, 0.3) is 0 Å². The number of nitrogens with one attached hydrogen (secondary N) is 1. The molecule has 3 fully saturated rings. The van der Waals surface area contributed by atoms with Crippen LogP contribution in [0.15, 0.2) is 0 Å². The third-order valence-electron chi connectivity index (χ3n) is 5.75. The molecule has 3 heteroatoms. The van der Waals surface area contributed by atoms with E-state index in [9.17, 15) is 0 Å². The highest BCUT2D eigenvalue weighted by Crippen LogP contribution is 2.52. The van der Waals surface area contributed by atoms with Crippen molar-refractivity contribution in [1.29, 1.82) is 0 Å². The van der Waals surface area contributed by atoms with Gasteiger partial charge in [0, 0.05) is 36.6 Å². The van der Waals surface area contributed by atoms with Crippen molar-refractivity contribution in [3.8, 4) is 0 Å². The summed E-state index contributed by atoms with van der Waals surface area (Å²) < 4.78 is 5.87. The number of rotatable bonds is 4. The lowest BCUT2D eigenvalue weighted by Gasteiger charge is -2.55. The van der Waals surface area contributed by atoms with Gasteiger partial charge in [0.25, 0.3) is 0 Å². The third kappa shape index (κ3) is 2.45. The van der Waals surface area contributed by atoms with Crippen molar-refractivity contribution < 1.29 is 4.74 Å². The van der Waals surface area contributed by atoms with Gasteiger partial charge >= 0.3 is 0 Å². The van der Waals surface area contributed by atoms with Crippen molar-refractivity contribution in [2.45, 2.75) is 64.6 Å². The minimum Gasteiger partial charge on any atom is -0.377 e. The normalized spacial score (nSPS) is 39.6. The van der Waals surface area contributed by atoms with E-state index in [1.807, 2.05) is 0 Å². The summed E-state index contributed by atoms with van der Waals surface area (Å²) in [7, 11) is 0. The van der Waals surface area contributed by atoms with Crippen molar-refractivity contribution in [3.05, 3.63) is 0 Å². The Bertz CT molecular complexity index is 312. The molecule has 0 spiro atoms. The van der Waals surface area contributed by atoms with E-state index in [1.54, 1.807) is 0 Å². The molecule has 4 unspecified atom stereocenters. The Morgan fingerprint density at radius 2 is 2.00 bits per heavy atom. The monoisotopic (exact) mass is 266 g/mol. The van der Waals surface area contributed by atoms with E-state index in [-0.39, 0.29) is 0 Å². The summed E-state index contributed by atoms with van der Waals surface area (Å²) in [5.74, 6) is 0.767. The summed E-state index contributed by atoms with van der Waals surface area (Å²) in [6.07, 6.45) is 5.96. The molecule has 0 radical (unpaired) electrons. The topological polar surface area (TPSA) is 24.5 Å². The molecule has 110 valence electrons. The van der Waals surface area contributed by atoms with E-state index in [0.717, 1.165) is 19.1 Å². The summed E-state index contributed by atoms with van der Waals surface area (Å²) in [5, 5.41) is 3.86. The van der Waals surface area contributed by atoms with Crippen molar-refractivity contribution >= 4 is 0 Å².